The van der Waals surface area contributed by atoms with Crippen LogP contribution in [0.2, 0.25) is 0 Å². The highest BCUT2D eigenvalue weighted by Gasteiger charge is 2.27. The molecule has 1 amide bonds. The summed E-state index contributed by atoms with van der Waals surface area (Å²) in [6.07, 6.45) is 3.98. The van der Waals surface area contributed by atoms with Crippen LogP contribution in [-0.2, 0) is 4.79 Å². The largest absolute Gasteiger partial charge is 0.326 e. The summed E-state index contributed by atoms with van der Waals surface area (Å²) in [5, 5.41) is 2.98. The number of anilines is 1. The van der Waals surface area contributed by atoms with Crippen LogP contribution in [0.3, 0.4) is 0 Å². The molecule has 0 aromatic heterocycles. The second-order valence-electron chi connectivity index (χ2n) is 6.58. The Kier molecular flexibility index (Phi) is 5.09. The van der Waals surface area contributed by atoms with Crippen molar-refractivity contribution in [2.24, 2.45) is 5.92 Å². The van der Waals surface area contributed by atoms with Crippen molar-refractivity contribution in [1.29, 1.82) is 0 Å². The minimum atomic E-state index is 0.0344. The van der Waals surface area contributed by atoms with Crippen LogP contribution in [0.1, 0.15) is 54.4 Å². The maximum Gasteiger partial charge on any atom is 0.227 e. The van der Waals surface area contributed by atoms with Gasteiger partial charge in [0.05, 0.1) is 0 Å². The van der Waals surface area contributed by atoms with Gasteiger partial charge in [-0.05, 0) is 68.4 Å². The van der Waals surface area contributed by atoms with Crippen LogP contribution in [0, 0.1) is 5.92 Å². The summed E-state index contributed by atoms with van der Waals surface area (Å²) in [5.74, 6) is 0.784. The van der Waals surface area contributed by atoms with E-state index in [1.807, 2.05) is 6.07 Å². The van der Waals surface area contributed by atoms with Gasteiger partial charge in [0.1, 0.15) is 0 Å². The zero-order valence-electron chi connectivity index (χ0n) is 14.0. The van der Waals surface area contributed by atoms with Gasteiger partial charge in [0.15, 0.2) is 5.78 Å². The zero-order chi connectivity index (χ0) is 16.9. The zero-order valence-corrected chi connectivity index (χ0v) is 14.0. The van der Waals surface area contributed by atoms with Crippen molar-refractivity contribution >= 4 is 17.4 Å². The van der Waals surface area contributed by atoms with E-state index in [2.05, 4.69) is 29.6 Å². The third-order valence-electron chi connectivity index (χ3n) is 4.93. The molecule has 0 saturated heterocycles. The Bertz CT molecular complexity index is 698. The van der Waals surface area contributed by atoms with E-state index < -0.39 is 0 Å². The molecule has 1 N–H and O–H groups in total. The molecule has 1 aliphatic rings. The van der Waals surface area contributed by atoms with Gasteiger partial charge in [0, 0.05) is 17.2 Å². The molecular weight excluding hydrogens is 298 g/mol. The molecule has 0 bridgehead atoms. The Morgan fingerprint density at radius 3 is 2.08 bits per heavy atom. The van der Waals surface area contributed by atoms with Crippen LogP contribution in [0.25, 0.3) is 0 Å². The topological polar surface area (TPSA) is 46.2 Å². The van der Waals surface area contributed by atoms with Crippen LogP contribution in [0.4, 0.5) is 5.69 Å². The minimum absolute atomic E-state index is 0.0344. The number of carbonyl (C=O) groups is 2. The van der Waals surface area contributed by atoms with Crippen LogP contribution in [0.15, 0.2) is 54.6 Å². The predicted octanol–water partition coefficient (Wildman–Crippen LogP) is 4.80. The molecule has 3 nitrogen and oxygen atoms in total. The molecule has 24 heavy (non-hydrogen) atoms. The Morgan fingerprint density at radius 1 is 0.875 bits per heavy atom. The highest BCUT2D eigenvalue weighted by molar-refractivity contribution is 5.96. The molecule has 3 heteroatoms. The fourth-order valence-corrected chi connectivity index (χ4v) is 3.45. The average molecular weight is 321 g/mol. The number of hydrogen-bond acceptors (Lipinski definition) is 2. The van der Waals surface area contributed by atoms with Crippen LogP contribution in [-0.4, -0.2) is 11.7 Å². The van der Waals surface area contributed by atoms with E-state index in [4.69, 9.17) is 0 Å². The lowest BCUT2D eigenvalue weighted by molar-refractivity contribution is -0.120. The second kappa shape index (κ2) is 7.43. The number of carbonyl (C=O) groups excluding carboxylic acids is 2. The molecule has 124 valence electrons. The Morgan fingerprint density at radius 2 is 1.50 bits per heavy atom. The highest BCUT2D eigenvalue weighted by Crippen LogP contribution is 2.36. The Labute approximate surface area is 143 Å². The molecule has 2 aromatic carbocycles. The molecule has 1 saturated carbocycles. The fourth-order valence-electron chi connectivity index (χ4n) is 3.45. The predicted molar refractivity (Wildman–Crippen MR) is 96.2 cm³/mol. The molecule has 0 aliphatic heterocycles. The molecular formula is C21H23NO2. The van der Waals surface area contributed by atoms with Crippen LogP contribution < -0.4 is 5.32 Å². The summed E-state index contributed by atoms with van der Waals surface area (Å²) in [4.78, 5) is 23.7. The van der Waals surface area contributed by atoms with E-state index in [0.29, 0.717) is 11.5 Å². The minimum Gasteiger partial charge on any atom is -0.326 e. The van der Waals surface area contributed by atoms with Gasteiger partial charge in [-0.15, -0.1) is 0 Å². The summed E-state index contributed by atoms with van der Waals surface area (Å²) in [7, 11) is 0. The monoisotopic (exact) mass is 321 g/mol. The quantitative estimate of drug-likeness (QED) is 0.822. The van der Waals surface area contributed by atoms with Crippen molar-refractivity contribution in [1.82, 2.24) is 0 Å². The molecule has 0 unspecified atom stereocenters. The van der Waals surface area contributed by atoms with Crippen molar-refractivity contribution < 1.29 is 9.59 Å². The number of amides is 1. The van der Waals surface area contributed by atoms with Crippen LogP contribution in [0.5, 0.6) is 0 Å². The number of benzene rings is 2. The smallest absolute Gasteiger partial charge is 0.227 e. The maximum atomic E-state index is 12.5. The summed E-state index contributed by atoms with van der Waals surface area (Å²) < 4.78 is 0. The van der Waals surface area contributed by atoms with E-state index >= 15 is 0 Å². The van der Waals surface area contributed by atoms with Gasteiger partial charge >= 0.3 is 0 Å². The number of Topliss-reactive ketones (excluding diaryl/α,β-unsaturated/α-hetero) is 1. The van der Waals surface area contributed by atoms with Gasteiger partial charge in [-0.3, -0.25) is 9.59 Å². The number of nitrogens with one attached hydrogen (secondary N) is 1. The van der Waals surface area contributed by atoms with Gasteiger partial charge in [-0.1, -0.05) is 30.3 Å². The fraction of sp³-hybridized carbons (Fsp3) is 0.333. The molecule has 0 spiro atoms. The van der Waals surface area contributed by atoms with Gasteiger partial charge in [0.25, 0.3) is 0 Å². The lowest BCUT2D eigenvalue weighted by Gasteiger charge is -2.28. The van der Waals surface area contributed by atoms with Gasteiger partial charge in [-0.25, -0.2) is 0 Å². The SMILES string of the molecule is CC(=O)c1ccc(NC(=O)C2CCC(c3ccccc3)CC2)cc1. The number of rotatable bonds is 4. The second-order valence-corrected chi connectivity index (χ2v) is 6.58. The van der Waals surface area contributed by atoms with E-state index in [9.17, 15) is 9.59 Å². The van der Waals surface area contributed by atoms with Crippen molar-refractivity contribution in [3.8, 4) is 0 Å². The van der Waals surface area contributed by atoms with Crippen LogP contribution >= 0.6 is 0 Å². The lowest BCUT2D eigenvalue weighted by Crippen LogP contribution is -2.26. The van der Waals surface area contributed by atoms with Crippen molar-refractivity contribution in [3.63, 3.8) is 0 Å². The number of ketones is 1. The highest BCUT2D eigenvalue weighted by atomic mass is 16.2. The van der Waals surface area contributed by atoms with E-state index in [0.717, 1.165) is 31.4 Å². The first-order valence-electron chi connectivity index (χ1n) is 8.60. The maximum absolute atomic E-state index is 12.5. The summed E-state index contributed by atoms with van der Waals surface area (Å²) in [6, 6.07) is 17.7. The van der Waals surface area contributed by atoms with Crippen molar-refractivity contribution in [3.05, 3.63) is 65.7 Å². The lowest BCUT2D eigenvalue weighted by atomic mass is 9.78. The average Bonchev–Trinajstić information content (AvgIpc) is 2.63. The van der Waals surface area contributed by atoms with Gasteiger partial charge < -0.3 is 5.32 Å². The molecule has 0 radical (unpaired) electrons. The molecule has 2 aromatic rings. The molecule has 1 aliphatic carbocycles. The molecule has 3 rings (SSSR count). The first-order chi connectivity index (χ1) is 11.6. The van der Waals surface area contributed by atoms with Crippen molar-refractivity contribution in [2.75, 3.05) is 5.32 Å². The van der Waals surface area contributed by atoms with E-state index in [1.54, 1.807) is 31.2 Å². The summed E-state index contributed by atoms with van der Waals surface area (Å²) in [5.41, 5.74) is 2.81. The van der Waals surface area contributed by atoms with E-state index in [1.165, 1.54) is 5.56 Å². The first kappa shape index (κ1) is 16.4. The van der Waals surface area contributed by atoms with E-state index in [-0.39, 0.29) is 17.6 Å². The summed E-state index contributed by atoms with van der Waals surface area (Å²) in [6.45, 7) is 1.54. The third-order valence-corrected chi connectivity index (χ3v) is 4.93. The van der Waals surface area contributed by atoms with Crippen molar-refractivity contribution in [2.45, 2.75) is 38.5 Å². The third kappa shape index (κ3) is 3.91. The summed E-state index contributed by atoms with van der Waals surface area (Å²) >= 11 is 0. The Balaban J connectivity index is 1.54. The molecule has 0 atom stereocenters. The molecule has 0 heterocycles. The normalized spacial score (nSPS) is 20.4. The van der Waals surface area contributed by atoms with Gasteiger partial charge in [0.2, 0.25) is 5.91 Å². The standard InChI is InChI=1S/C21H23NO2/c1-15(23)16-11-13-20(14-12-16)22-21(24)19-9-7-18(8-10-19)17-5-3-2-4-6-17/h2-6,11-14,18-19H,7-10H2,1H3,(H,22,24). The Hall–Kier alpha value is -2.42. The van der Waals surface area contributed by atoms with Gasteiger partial charge in [-0.2, -0.15) is 0 Å². The first-order valence-corrected chi connectivity index (χ1v) is 8.60. The number of hydrogen-bond donors (Lipinski definition) is 1. The molecule has 1 fully saturated rings.